The fourth-order valence-corrected chi connectivity index (χ4v) is 1.95. The topological polar surface area (TPSA) is 86.0 Å². The minimum absolute atomic E-state index is 0.219. The number of benzene rings is 1. The van der Waals surface area contributed by atoms with Gasteiger partial charge in [0.1, 0.15) is 12.1 Å². The average molecular weight is 301 g/mol. The standard InChI is InChI=1S/C16H23N5O/c1-4-12(3)22-14-7-5-13(6-8-14)11(2)9-18-16-20-10-19-15(17)21-16/h5-8,10-12H,4,9H2,1-3H3,(H3,17,18,19,20,21)/t11-,12-/m1/s1. The smallest absolute Gasteiger partial charge is 0.227 e. The van der Waals surface area contributed by atoms with Crippen molar-refractivity contribution in [2.24, 2.45) is 0 Å². The first-order valence-corrected chi connectivity index (χ1v) is 7.53. The summed E-state index contributed by atoms with van der Waals surface area (Å²) in [6.45, 7) is 7.04. The van der Waals surface area contributed by atoms with Gasteiger partial charge in [-0.15, -0.1) is 0 Å². The Labute approximate surface area is 131 Å². The Hall–Kier alpha value is -2.37. The molecule has 1 aromatic heterocycles. The van der Waals surface area contributed by atoms with Crippen LogP contribution in [0.3, 0.4) is 0 Å². The van der Waals surface area contributed by atoms with E-state index >= 15 is 0 Å². The van der Waals surface area contributed by atoms with Gasteiger partial charge in [0.2, 0.25) is 11.9 Å². The summed E-state index contributed by atoms with van der Waals surface area (Å²) in [5.74, 6) is 1.94. The predicted octanol–water partition coefficient (Wildman–Crippen LogP) is 2.85. The molecule has 0 aliphatic heterocycles. The molecule has 6 heteroatoms. The highest BCUT2D eigenvalue weighted by molar-refractivity contribution is 5.32. The van der Waals surface area contributed by atoms with E-state index in [1.54, 1.807) is 0 Å². The highest BCUT2D eigenvalue weighted by Gasteiger charge is 2.08. The van der Waals surface area contributed by atoms with Crippen LogP contribution < -0.4 is 15.8 Å². The van der Waals surface area contributed by atoms with Gasteiger partial charge in [-0.3, -0.25) is 0 Å². The maximum Gasteiger partial charge on any atom is 0.227 e. The Kier molecular flexibility index (Phi) is 5.52. The van der Waals surface area contributed by atoms with Crippen molar-refractivity contribution in [3.63, 3.8) is 0 Å². The van der Waals surface area contributed by atoms with Crippen molar-refractivity contribution < 1.29 is 4.74 Å². The summed E-state index contributed by atoms with van der Waals surface area (Å²) in [4.78, 5) is 11.8. The summed E-state index contributed by atoms with van der Waals surface area (Å²) in [5.41, 5.74) is 6.76. The maximum atomic E-state index is 5.78. The molecule has 0 fully saturated rings. The van der Waals surface area contributed by atoms with Crippen molar-refractivity contribution in [1.82, 2.24) is 15.0 Å². The fraction of sp³-hybridized carbons (Fsp3) is 0.438. The Morgan fingerprint density at radius 2 is 1.91 bits per heavy atom. The molecule has 0 saturated heterocycles. The zero-order chi connectivity index (χ0) is 15.9. The van der Waals surface area contributed by atoms with Crippen molar-refractivity contribution in [2.75, 3.05) is 17.6 Å². The Morgan fingerprint density at radius 1 is 1.18 bits per heavy atom. The van der Waals surface area contributed by atoms with Gasteiger partial charge in [-0.25, -0.2) is 9.97 Å². The summed E-state index contributed by atoms with van der Waals surface area (Å²) in [5, 5.41) is 3.17. The molecule has 2 aromatic rings. The van der Waals surface area contributed by atoms with Crippen LogP contribution in [0.2, 0.25) is 0 Å². The number of nitrogens with two attached hydrogens (primary N) is 1. The fourth-order valence-electron chi connectivity index (χ4n) is 1.95. The number of hydrogen-bond donors (Lipinski definition) is 2. The van der Waals surface area contributed by atoms with Crippen molar-refractivity contribution in [2.45, 2.75) is 39.2 Å². The second-order valence-corrected chi connectivity index (χ2v) is 5.35. The second-order valence-electron chi connectivity index (χ2n) is 5.35. The third-order valence-electron chi connectivity index (χ3n) is 3.52. The molecular formula is C16H23N5O. The minimum Gasteiger partial charge on any atom is -0.491 e. The summed E-state index contributed by atoms with van der Waals surface area (Å²) >= 11 is 0. The van der Waals surface area contributed by atoms with E-state index in [1.165, 1.54) is 11.9 Å². The Morgan fingerprint density at radius 3 is 2.55 bits per heavy atom. The van der Waals surface area contributed by atoms with Crippen molar-refractivity contribution in [1.29, 1.82) is 0 Å². The monoisotopic (exact) mass is 301 g/mol. The third-order valence-corrected chi connectivity index (χ3v) is 3.52. The lowest BCUT2D eigenvalue weighted by atomic mass is 10.0. The van der Waals surface area contributed by atoms with Gasteiger partial charge in [0.25, 0.3) is 0 Å². The Bertz CT molecular complexity index is 587. The molecule has 3 N–H and O–H groups in total. The SMILES string of the molecule is CC[C@@H](C)Oc1ccc([C@H](C)CNc2ncnc(N)n2)cc1. The van der Waals surface area contributed by atoms with Crippen molar-refractivity contribution in [3.8, 4) is 5.75 Å². The number of anilines is 2. The largest absolute Gasteiger partial charge is 0.491 e. The van der Waals surface area contributed by atoms with Gasteiger partial charge in [0, 0.05) is 6.54 Å². The summed E-state index contributed by atoms with van der Waals surface area (Å²) in [6, 6.07) is 8.20. The zero-order valence-electron chi connectivity index (χ0n) is 13.3. The molecular weight excluding hydrogens is 278 g/mol. The van der Waals surface area contributed by atoms with Gasteiger partial charge in [-0.1, -0.05) is 26.0 Å². The number of nitrogens with zero attached hydrogens (tertiary/aromatic N) is 3. The van der Waals surface area contributed by atoms with E-state index in [4.69, 9.17) is 10.5 Å². The van der Waals surface area contributed by atoms with Crippen molar-refractivity contribution >= 4 is 11.9 Å². The number of nitrogen functional groups attached to an aromatic ring is 1. The van der Waals surface area contributed by atoms with E-state index in [2.05, 4.69) is 53.2 Å². The minimum atomic E-state index is 0.219. The number of rotatable bonds is 7. The van der Waals surface area contributed by atoms with Crippen LogP contribution in [0.15, 0.2) is 30.6 Å². The number of ether oxygens (including phenoxy) is 1. The molecule has 0 bridgehead atoms. The molecule has 2 atom stereocenters. The number of hydrogen-bond acceptors (Lipinski definition) is 6. The van der Waals surface area contributed by atoms with Crippen LogP contribution in [-0.4, -0.2) is 27.6 Å². The lowest BCUT2D eigenvalue weighted by molar-refractivity contribution is 0.217. The Balaban J connectivity index is 1.90. The third kappa shape index (κ3) is 4.58. The van der Waals surface area contributed by atoms with Crippen LogP contribution in [0.25, 0.3) is 0 Å². The molecule has 0 radical (unpaired) electrons. The normalized spacial score (nSPS) is 13.4. The van der Waals surface area contributed by atoms with Crippen LogP contribution in [0.1, 0.15) is 38.7 Å². The van der Waals surface area contributed by atoms with Crippen LogP contribution >= 0.6 is 0 Å². The van der Waals surface area contributed by atoms with Crippen LogP contribution in [0.5, 0.6) is 5.75 Å². The van der Waals surface area contributed by atoms with E-state index in [0.717, 1.165) is 18.7 Å². The molecule has 0 aliphatic carbocycles. The zero-order valence-corrected chi connectivity index (χ0v) is 13.3. The van der Waals surface area contributed by atoms with Crippen LogP contribution in [-0.2, 0) is 0 Å². The average Bonchev–Trinajstić information content (AvgIpc) is 2.53. The first-order chi connectivity index (χ1) is 10.6. The molecule has 0 spiro atoms. The number of nitrogens with one attached hydrogen (secondary N) is 1. The van der Waals surface area contributed by atoms with Gasteiger partial charge >= 0.3 is 0 Å². The van der Waals surface area contributed by atoms with Crippen LogP contribution in [0, 0.1) is 0 Å². The molecule has 6 nitrogen and oxygen atoms in total. The second kappa shape index (κ2) is 7.59. The van der Waals surface area contributed by atoms with Gasteiger partial charge < -0.3 is 15.8 Å². The van der Waals surface area contributed by atoms with E-state index in [1.807, 2.05) is 12.1 Å². The first-order valence-electron chi connectivity index (χ1n) is 7.53. The van der Waals surface area contributed by atoms with E-state index in [-0.39, 0.29) is 12.1 Å². The van der Waals surface area contributed by atoms with Gasteiger partial charge in [-0.2, -0.15) is 4.98 Å². The van der Waals surface area contributed by atoms with E-state index in [0.29, 0.717) is 11.9 Å². The molecule has 0 unspecified atom stereocenters. The van der Waals surface area contributed by atoms with E-state index < -0.39 is 0 Å². The highest BCUT2D eigenvalue weighted by atomic mass is 16.5. The number of aromatic nitrogens is 3. The lowest BCUT2D eigenvalue weighted by Crippen LogP contribution is -2.13. The molecule has 22 heavy (non-hydrogen) atoms. The van der Waals surface area contributed by atoms with E-state index in [9.17, 15) is 0 Å². The quantitative estimate of drug-likeness (QED) is 0.818. The van der Waals surface area contributed by atoms with Crippen molar-refractivity contribution in [3.05, 3.63) is 36.2 Å². The van der Waals surface area contributed by atoms with Gasteiger partial charge in [-0.05, 0) is 37.0 Å². The first kappa shape index (κ1) is 16.0. The molecule has 0 saturated carbocycles. The molecule has 0 amide bonds. The summed E-state index contributed by atoms with van der Waals surface area (Å²) in [7, 11) is 0. The molecule has 1 aromatic carbocycles. The highest BCUT2D eigenvalue weighted by Crippen LogP contribution is 2.20. The van der Waals surface area contributed by atoms with Gasteiger partial charge in [0.05, 0.1) is 6.10 Å². The molecule has 0 aliphatic rings. The molecule has 118 valence electrons. The summed E-state index contributed by atoms with van der Waals surface area (Å²) in [6.07, 6.45) is 2.63. The maximum absolute atomic E-state index is 5.78. The van der Waals surface area contributed by atoms with Crippen LogP contribution in [0.4, 0.5) is 11.9 Å². The van der Waals surface area contributed by atoms with Gasteiger partial charge in [0.15, 0.2) is 0 Å². The summed E-state index contributed by atoms with van der Waals surface area (Å²) < 4.78 is 5.78. The lowest BCUT2D eigenvalue weighted by Gasteiger charge is -2.15. The predicted molar refractivity (Wildman–Crippen MR) is 88.0 cm³/mol. The molecule has 2 rings (SSSR count). The molecule has 1 heterocycles.